The van der Waals surface area contributed by atoms with Crippen LogP contribution in [0.2, 0.25) is 0 Å². The number of aryl methyl sites for hydroxylation is 3. The van der Waals surface area contributed by atoms with Gasteiger partial charge in [0.25, 0.3) is 5.82 Å². The summed E-state index contributed by atoms with van der Waals surface area (Å²) in [7, 11) is 0. The fraction of sp³-hybridized carbons (Fsp3) is 0.417. The molecule has 0 unspecified atom stereocenters. The Balaban J connectivity index is 2.79. The van der Waals surface area contributed by atoms with Crippen LogP contribution in [0.5, 0.6) is 0 Å². The molecule has 0 bridgehead atoms. The Bertz CT molecular complexity index is 455. The van der Waals surface area contributed by atoms with Gasteiger partial charge in [-0.3, -0.25) is 0 Å². The third kappa shape index (κ3) is 1.22. The summed E-state index contributed by atoms with van der Waals surface area (Å²) in [5.74, 6) is 1.24. The van der Waals surface area contributed by atoms with Crippen LogP contribution in [0, 0.1) is 6.92 Å². The van der Waals surface area contributed by atoms with E-state index in [0.29, 0.717) is 0 Å². The van der Waals surface area contributed by atoms with Gasteiger partial charge < -0.3 is 0 Å². The van der Waals surface area contributed by atoms with E-state index in [-0.39, 0.29) is 0 Å². The van der Waals surface area contributed by atoms with Crippen molar-refractivity contribution in [1.82, 2.24) is 4.98 Å². The van der Waals surface area contributed by atoms with Crippen molar-refractivity contribution in [3.8, 4) is 0 Å². The second-order valence-corrected chi connectivity index (χ2v) is 3.62. The van der Waals surface area contributed by atoms with Crippen molar-refractivity contribution in [3.63, 3.8) is 0 Å². The largest absolute Gasteiger partial charge is 0.251 e. The van der Waals surface area contributed by atoms with E-state index in [1.54, 1.807) is 0 Å². The number of hydrogen-bond donors (Lipinski definition) is 1. The van der Waals surface area contributed by atoms with Gasteiger partial charge in [0, 0.05) is 12.5 Å². The topological polar surface area (TPSA) is 19.7 Å². The molecule has 0 saturated carbocycles. The molecule has 0 fully saturated rings. The first kappa shape index (κ1) is 9.25. The molecule has 2 aromatic rings. The van der Waals surface area contributed by atoms with Crippen LogP contribution in [-0.2, 0) is 13.0 Å². The number of nitrogens with zero attached hydrogens (tertiary/aromatic N) is 1. The summed E-state index contributed by atoms with van der Waals surface area (Å²) < 4.78 is 2.31. The van der Waals surface area contributed by atoms with Gasteiger partial charge in [0.1, 0.15) is 0 Å². The summed E-state index contributed by atoms with van der Waals surface area (Å²) in [4.78, 5) is 3.46. The highest BCUT2D eigenvalue weighted by atomic mass is 15.1. The van der Waals surface area contributed by atoms with E-state index >= 15 is 0 Å². The van der Waals surface area contributed by atoms with Gasteiger partial charge >= 0.3 is 0 Å². The second kappa shape index (κ2) is 3.45. The van der Waals surface area contributed by atoms with Crippen molar-refractivity contribution in [3.05, 3.63) is 29.6 Å². The summed E-state index contributed by atoms with van der Waals surface area (Å²) in [6.45, 7) is 7.53. The fourth-order valence-corrected chi connectivity index (χ4v) is 2.09. The van der Waals surface area contributed by atoms with Gasteiger partial charge in [-0.2, -0.15) is 0 Å². The van der Waals surface area contributed by atoms with Crippen LogP contribution in [0.4, 0.5) is 0 Å². The average Bonchev–Trinajstić information content (AvgIpc) is 2.52. The molecule has 0 amide bonds. The third-order valence-corrected chi connectivity index (χ3v) is 2.83. The second-order valence-electron chi connectivity index (χ2n) is 3.62. The van der Waals surface area contributed by atoms with E-state index in [2.05, 4.69) is 48.5 Å². The van der Waals surface area contributed by atoms with E-state index in [1.165, 1.54) is 22.4 Å². The highest BCUT2D eigenvalue weighted by Crippen LogP contribution is 2.15. The molecule has 0 spiro atoms. The zero-order chi connectivity index (χ0) is 10.1. The van der Waals surface area contributed by atoms with Gasteiger partial charge in [-0.05, 0) is 19.4 Å². The summed E-state index contributed by atoms with van der Waals surface area (Å²) in [5, 5.41) is 0. The van der Waals surface area contributed by atoms with E-state index in [9.17, 15) is 0 Å². The molecule has 14 heavy (non-hydrogen) atoms. The van der Waals surface area contributed by atoms with Gasteiger partial charge in [-0.1, -0.05) is 19.1 Å². The van der Waals surface area contributed by atoms with Crippen LogP contribution in [0.3, 0.4) is 0 Å². The maximum absolute atomic E-state index is 3.46. The summed E-state index contributed by atoms with van der Waals surface area (Å²) >= 11 is 0. The molecule has 74 valence electrons. The van der Waals surface area contributed by atoms with E-state index in [1.807, 2.05) is 0 Å². The lowest BCUT2D eigenvalue weighted by molar-refractivity contribution is -0.673. The predicted octanol–water partition coefficient (Wildman–Crippen LogP) is 2.35. The normalized spacial score (nSPS) is 11.1. The molecule has 2 rings (SSSR count). The molecule has 0 aliphatic carbocycles. The molecule has 0 radical (unpaired) electrons. The lowest BCUT2D eigenvalue weighted by atomic mass is 10.1. The highest BCUT2D eigenvalue weighted by Gasteiger charge is 2.14. The number of benzene rings is 1. The Hall–Kier alpha value is -1.31. The summed E-state index contributed by atoms with van der Waals surface area (Å²) in [6.07, 6.45) is 1.08. The average molecular weight is 189 g/mol. The van der Waals surface area contributed by atoms with Gasteiger partial charge in [0.2, 0.25) is 0 Å². The van der Waals surface area contributed by atoms with Crippen molar-refractivity contribution < 1.29 is 4.57 Å². The molecule has 0 aliphatic rings. The molecule has 0 aliphatic heterocycles. The van der Waals surface area contributed by atoms with Crippen LogP contribution in [0.15, 0.2) is 18.2 Å². The maximum atomic E-state index is 3.46. The van der Waals surface area contributed by atoms with Crippen LogP contribution in [0.1, 0.15) is 25.2 Å². The lowest BCUT2D eigenvalue weighted by Crippen LogP contribution is -2.33. The molecular formula is C12H17N2+. The quantitative estimate of drug-likeness (QED) is 0.700. The summed E-state index contributed by atoms with van der Waals surface area (Å²) in [5.41, 5.74) is 4.02. The first-order valence-corrected chi connectivity index (χ1v) is 5.28. The SMILES string of the molecule is CCc1cccc2c1[nH]c(C)[n+]2CC. The minimum atomic E-state index is 1.03. The number of fused-ring (bicyclic) bond motifs is 1. The number of aromatic amines is 1. The van der Waals surface area contributed by atoms with Crippen molar-refractivity contribution in [2.24, 2.45) is 0 Å². The smallest absolute Gasteiger partial charge is 0.241 e. The Morgan fingerprint density at radius 2 is 2.07 bits per heavy atom. The third-order valence-electron chi connectivity index (χ3n) is 2.83. The first-order chi connectivity index (χ1) is 6.77. The van der Waals surface area contributed by atoms with E-state index < -0.39 is 0 Å². The Morgan fingerprint density at radius 1 is 1.29 bits per heavy atom. The van der Waals surface area contributed by atoms with Crippen molar-refractivity contribution >= 4 is 11.0 Å². The van der Waals surface area contributed by atoms with Crippen LogP contribution in [0.25, 0.3) is 11.0 Å². The zero-order valence-electron chi connectivity index (χ0n) is 9.09. The number of para-hydroxylation sites is 1. The van der Waals surface area contributed by atoms with Crippen molar-refractivity contribution in [1.29, 1.82) is 0 Å². The molecule has 1 aromatic carbocycles. The Morgan fingerprint density at radius 3 is 2.71 bits per heavy atom. The lowest BCUT2D eigenvalue weighted by Gasteiger charge is -1.95. The van der Waals surface area contributed by atoms with Gasteiger partial charge in [0.05, 0.1) is 6.54 Å². The molecule has 1 heterocycles. The molecule has 2 nitrogen and oxygen atoms in total. The van der Waals surface area contributed by atoms with Crippen LogP contribution >= 0.6 is 0 Å². The highest BCUT2D eigenvalue weighted by molar-refractivity contribution is 5.75. The number of imidazole rings is 1. The fourth-order valence-electron chi connectivity index (χ4n) is 2.09. The molecular weight excluding hydrogens is 172 g/mol. The van der Waals surface area contributed by atoms with Crippen LogP contribution < -0.4 is 4.57 Å². The van der Waals surface area contributed by atoms with E-state index in [4.69, 9.17) is 0 Å². The first-order valence-electron chi connectivity index (χ1n) is 5.28. The monoisotopic (exact) mass is 189 g/mol. The molecule has 2 heteroatoms. The molecule has 1 aromatic heterocycles. The molecule has 1 N–H and O–H groups in total. The Kier molecular flexibility index (Phi) is 2.28. The number of rotatable bonds is 2. The number of hydrogen-bond acceptors (Lipinski definition) is 0. The number of H-pyrrole nitrogens is 1. The van der Waals surface area contributed by atoms with Gasteiger partial charge in [-0.15, -0.1) is 0 Å². The van der Waals surface area contributed by atoms with Gasteiger partial charge in [-0.25, -0.2) is 9.55 Å². The van der Waals surface area contributed by atoms with E-state index in [0.717, 1.165) is 13.0 Å². The van der Waals surface area contributed by atoms with Gasteiger partial charge in [0.15, 0.2) is 11.0 Å². The minimum Gasteiger partial charge on any atom is -0.241 e. The maximum Gasteiger partial charge on any atom is 0.251 e. The predicted molar refractivity (Wildman–Crippen MR) is 58.3 cm³/mol. The standard InChI is InChI=1S/C12H16N2/c1-4-10-7-6-8-11-12(10)13-9(3)14(11)5-2/h6-8H,4-5H2,1-3H3/p+1. The summed E-state index contributed by atoms with van der Waals surface area (Å²) in [6, 6.07) is 6.51. The van der Waals surface area contributed by atoms with Crippen molar-refractivity contribution in [2.75, 3.05) is 0 Å². The molecule has 0 atom stereocenters. The molecule has 0 saturated heterocycles. The minimum absolute atomic E-state index is 1.03. The Labute approximate surface area is 84.6 Å². The van der Waals surface area contributed by atoms with Crippen molar-refractivity contribution in [2.45, 2.75) is 33.7 Å². The zero-order valence-corrected chi connectivity index (χ0v) is 9.09. The van der Waals surface area contributed by atoms with Crippen LogP contribution in [-0.4, -0.2) is 4.98 Å². The number of nitrogens with one attached hydrogen (secondary N) is 1. The number of aromatic nitrogens is 2.